The van der Waals surface area contributed by atoms with Gasteiger partial charge in [-0.05, 0) is 63.5 Å². The average molecular weight is 643 g/mol. The Morgan fingerprint density at radius 3 is 1.50 bits per heavy atom. The van der Waals surface area contributed by atoms with E-state index < -0.39 is 11.2 Å². The molecule has 0 saturated heterocycles. The minimum Gasteiger partial charge on any atom is -0.481 e. The summed E-state index contributed by atoms with van der Waals surface area (Å²) in [6, 6.07) is 3.72. The van der Waals surface area contributed by atoms with Crippen LogP contribution in [0.1, 0.15) is 85.4 Å². The van der Waals surface area contributed by atoms with Gasteiger partial charge in [-0.25, -0.2) is 10.5 Å². The Hall–Kier alpha value is -4.88. The quantitative estimate of drug-likeness (QED) is 0.184. The number of aromatic nitrogens is 2. The van der Waals surface area contributed by atoms with Crippen molar-refractivity contribution in [1.29, 1.82) is 10.5 Å². The third-order valence-corrected chi connectivity index (χ3v) is 11.7. The summed E-state index contributed by atoms with van der Waals surface area (Å²) in [7, 11) is 0. The van der Waals surface area contributed by atoms with Crippen LogP contribution in [0.2, 0.25) is 0 Å². The monoisotopic (exact) mass is 642 g/mol. The number of allylic oxidation sites excluding steroid dienone is 6. The normalized spacial score (nSPS) is 25.0. The van der Waals surface area contributed by atoms with Crippen molar-refractivity contribution in [3.8, 4) is 12.1 Å². The van der Waals surface area contributed by atoms with Crippen molar-refractivity contribution in [2.45, 2.75) is 75.4 Å². The van der Waals surface area contributed by atoms with Crippen LogP contribution in [-0.2, 0) is 20.7 Å². The van der Waals surface area contributed by atoms with Crippen molar-refractivity contribution in [3.63, 3.8) is 0 Å². The topological polar surface area (TPSA) is 125 Å². The van der Waals surface area contributed by atoms with E-state index in [-0.39, 0.29) is 23.5 Å². The van der Waals surface area contributed by atoms with Crippen LogP contribution >= 0.6 is 22.7 Å². The number of ether oxygens (including phenoxy) is 2. The molecule has 0 radical (unpaired) electrons. The lowest BCUT2D eigenvalue weighted by atomic mass is 9.73. The number of fused-ring (bicyclic) bond motifs is 9. The lowest BCUT2D eigenvalue weighted by Gasteiger charge is -2.45. The third-order valence-electron chi connectivity index (χ3n) is 9.71. The zero-order valence-corrected chi connectivity index (χ0v) is 26.4. The molecule has 0 bridgehead atoms. The van der Waals surface area contributed by atoms with Gasteiger partial charge in [0.1, 0.15) is 35.0 Å². The second-order valence-electron chi connectivity index (χ2n) is 12.4. The van der Waals surface area contributed by atoms with Crippen molar-refractivity contribution in [2.75, 3.05) is 0 Å². The molecule has 4 aliphatic carbocycles. The van der Waals surface area contributed by atoms with Crippen LogP contribution in [0.5, 0.6) is 0 Å². The Kier molecular flexibility index (Phi) is 6.76. The van der Waals surface area contributed by atoms with Gasteiger partial charge in [0, 0.05) is 23.0 Å². The lowest BCUT2D eigenvalue weighted by Crippen LogP contribution is -2.38. The summed E-state index contributed by atoms with van der Waals surface area (Å²) in [6.45, 7) is 14.6. The standard InChI is InChI=1S/C34H26N8O2S2/c1-37-25(17-35)39-31-41-29-27(45-31)21-13-19-16-24-22(14-20(19)15-23(21)43-33(29)9-5-3-6-10-33)28-30(34(44-24)11-7-4-8-12-34)42-32(46-28)40-26(18-36)38-2/h13-16,19-20H,3-12H2/b39-25-,40-26+. The molecule has 0 N–H and O–H groups in total. The van der Waals surface area contributed by atoms with E-state index in [1.54, 1.807) is 0 Å². The molecule has 2 aromatic rings. The molecule has 2 unspecified atom stereocenters. The Balaban J connectivity index is 1.24. The van der Waals surface area contributed by atoms with E-state index in [0.29, 0.717) is 10.3 Å². The minimum absolute atomic E-state index is 0.0150. The highest BCUT2D eigenvalue weighted by Gasteiger charge is 2.50. The first-order valence-corrected chi connectivity index (χ1v) is 17.1. The number of amidine groups is 2. The third kappa shape index (κ3) is 4.44. The van der Waals surface area contributed by atoms with E-state index in [4.69, 9.17) is 32.6 Å². The van der Waals surface area contributed by atoms with E-state index in [1.807, 2.05) is 12.1 Å². The maximum absolute atomic E-state index is 9.34. The van der Waals surface area contributed by atoms with E-state index in [9.17, 15) is 10.5 Å². The summed E-state index contributed by atoms with van der Waals surface area (Å²) in [5.41, 5.74) is 2.58. The molecule has 2 fully saturated rings. The van der Waals surface area contributed by atoms with Crippen molar-refractivity contribution < 1.29 is 9.47 Å². The number of thiazole rings is 2. The fourth-order valence-electron chi connectivity index (χ4n) is 7.64. The molecule has 2 aliphatic heterocycles. The van der Waals surface area contributed by atoms with E-state index >= 15 is 0 Å². The predicted molar refractivity (Wildman–Crippen MR) is 174 cm³/mol. The maximum atomic E-state index is 9.34. The number of hydrogen-bond acceptors (Lipinski definition) is 10. The van der Waals surface area contributed by atoms with Gasteiger partial charge in [-0.2, -0.15) is 9.97 Å². The maximum Gasteiger partial charge on any atom is 0.352 e. The largest absolute Gasteiger partial charge is 0.481 e. The Bertz CT molecular complexity index is 1860. The Morgan fingerprint density at radius 1 is 0.717 bits per heavy atom. The van der Waals surface area contributed by atoms with E-state index in [0.717, 1.165) is 108 Å². The van der Waals surface area contributed by atoms with Crippen molar-refractivity contribution in [2.24, 2.45) is 21.8 Å². The predicted octanol–water partition coefficient (Wildman–Crippen LogP) is 8.42. The van der Waals surface area contributed by atoms with Gasteiger partial charge in [-0.1, -0.05) is 70.8 Å². The van der Waals surface area contributed by atoms with Crippen molar-refractivity contribution in [3.05, 3.63) is 79.8 Å². The number of rotatable bonds is 2. The molecule has 8 rings (SSSR count). The molecular formula is C34H26N8O2S2. The highest BCUT2D eigenvalue weighted by molar-refractivity contribution is 7.17. The molecule has 12 heteroatoms. The van der Waals surface area contributed by atoms with Gasteiger partial charge in [0.05, 0.1) is 9.75 Å². The molecule has 226 valence electrons. The molecule has 2 spiro atoms. The first-order valence-electron chi connectivity index (χ1n) is 15.5. The molecule has 0 aromatic carbocycles. The number of aliphatic imine (C=N–C) groups is 2. The summed E-state index contributed by atoms with van der Waals surface area (Å²) >= 11 is 2.83. The smallest absolute Gasteiger partial charge is 0.352 e. The second kappa shape index (κ2) is 10.9. The number of nitrogens with zero attached hydrogens (tertiary/aromatic N) is 8. The van der Waals surface area contributed by atoms with Gasteiger partial charge in [-0.15, -0.1) is 0 Å². The highest BCUT2D eigenvalue weighted by Crippen LogP contribution is 2.58. The molecule has 2 saturated carbocycles. The van der Waals surface area contributed by atoms with Crippen LogP contribution in [0.4, 0.5) is 10.3 Å². The summed E-state index contributed by atoms with van der Waals surface area (Å²) in [5, 5.41) is 19.5. The van der Waals surface area contributed by atoms with Crippen LogP contribution in [0.25, 0.3) is 20.8 Å². The number of hydrogen-bond donors (Lipinski definition) is 0. The van der Waals surface area contributed by atoms with Crippen LogP contribution in [0.15, 0.2) is 45.8 Å². The summed E-state index contributed by atoms with van der Waals surface area (Å²) in [4.78, 5) is 26.8. The lowest BCUT2D eigenvalue weighted by molar-refractivity contribution is -0.0373. The molecule has 2 atom stereocenters. The van der Waals surface area contributed by atoms with Gasteiger partial charge in [0.15, 0.2) is 11.2 Å². The summed E-state index contributed by atoms with van der Waals surface area (Å²) < 4.78 is 13.9. The minimum atomic E-state index is -0.554. The zero-order valence-electron chi connectivity index (χ0n) is 24.7. The van der Waals surface area contributed by atoms with Crippen molar-refractivity contribution in [1.82, 2.24) is 9.97 Å². The fourth-order valence-corrected chi connectivity index (χ4v) is 9.76. The zero-order chi connectivity index (χ0) is 31.5. The van der Waals surface area contributed by atoms with Gasteiger partial charge >= 0.3 is 21.9 Å². The number of nitriles is 2. The van der Waals surface area contributed by atoms with Crippen LogP contribution in [0.3, 0.4) is 0 Å². The molecular weight excluding hydrogens is 617 g/mol. The summed E-state index contributed by atoms with van der Waals surface area (Å²) in [6.07, 6.45) is 18.7. The van der Waals surface area contributed by atoms with E-state index in [1.165, 1.54) is 22.7 Å². The fraction of sp³-hybridized carbons (Fsp3) is 0.412. The Morgan fingerprint density at radius 2 is 1.13 bits per heavy atom. The van der Waals surface area contributed by atoms with Crippen LogP contribution < -0.4 is 0 Å². The molecule has 0 amide bonds. The molecule has 6 aliphatic rings. The van der Waals surface area contributed by atoms with Crippen LogP contribution in [-0.4, -0.2) is 21.6 Å². The first-order chi connectivity index (χ1) is 22.5. The molecule has 2 aromatic heterocycles. The van der Waals surface area contributed by atoms with Crippen molar-refractivity contribution >= 4 is 55.8 Å². The average Bonchev–Trinajstić information content (AvgIpc) is 3.72. The van der Waals surface area contributed by atoms with E-state index in [2.05, 4.69) is 44.0 Å². The SMILES string of the molecule is [C-]#[N+]/C(C#N)=N\c1nc2c(s1)C1=CC3C=C4OC5(CCCCC5)c5nc(/N=C(\C#N)[N+]#[C-])sc5C4=CC3C=C1OC21CCCCC1. The van der Waals surface area contributed by atoms with Gasteiger partial charge in [0.2, 0.25) is 0 Å². The van der Waals surface area contributed by atoms with Gasteiger partial charge < -0.3 is 19.2 Å². The summed E-state index contributed by atoms with van der Waals surface area (Å²) in [5.74, 6) is 1.24. The van der Waals surface area contributed by atoms with Gasteiger partial charge in [-0.3, -0.25) is 0 Å². The van der Waals surface area contributed by atoms with Crippen LogP contribution in [0, 0.1) is 47.6 Å². The molecule has 4 heterocycles. The Labute approximate surface area is 274 Å². The second-order valence-corrected chi connectivity index (χ2v) is 14.3. The highest BCUT2D eigenvalue weighted by atomic mass is 32.1. The first kappa shape index (κ1) is 28.6. The van der Waals surface area contributed by atoms with Gasteiger partial charge in [0.25, 0.3) is 0 Å². The molecule has 46 heavy (non-hydrogen) atoms. The molecule has 10 nitrogen and oxygen atoms in total.